The van der Waals surface area contributed by atoms with E-state index in [1.807, 2.05) is 0 Å². The third-order valence-corrected chi connectivity index (χ3v) is 7.86. The average Bonchev–Trinajstić information content (AvgIpc) is 3.11. The van der Waals surface area contributed by atoms with Crippen molar-refractivity contribution in [3.8, 4) is 22.3 Å². The Hall–Kier alpha value is -1.06. The highest BCUT2D eigenvalue weighted by molar-refractivity contribution is 14.1. The van der Waals surface area contributed by atoms with Gasteiger partial charge in [-0.05, 0) is 118 Å². The van der Waals surface area contributed by atoms with Crippen LogP contribution in [0.5, 0.6) is 0 Å². The van der Waals surface area contributed by atoms with E-state index in [9.17, 15) is 0 Å². The number of halogens is 2. The first-order valence-corrected chi connectivity index (χ1v) is 11.5. The molecule has 4 aromatic rings. The molecular formula is C22H18I2N2S. The van der Waals surface area contributed by atoms with Crippen LogP contribution in [0.2, 0.25) is 0 Å². The molecule has 0 atom stereocenters. The predicted molar refractivity (Wildman–Crippen MR) is 133 cm³/mol. The van der Waals surface area contributed by atoms with E-state index in [1.54, 1.807) is 0 Å². The summed E-state index contributed by atoms with van der Waals surface area (Å²) in [4.78, 5) is 0. The van der Waals surface area contributed by atoms with Crippen molar-refractivity contribution in [2.45, 2.75) is 27.7 Å². The standard InChI is InChI=1S/C22H18I2N2S/c1-11-9-19(23)13(3)7-17(11)15-5-6-16(22-21(15)25-27-26-22)18-8-14(4)20(24)10-12(18)2/h5-10H,1-4H3. The van der Waals surface area contributed by atoms with E-state index >= 15 is 0 Å². The molecule has 0 amide bonds. The maximum Gasteiger partial charge on any atom is 0.113 e. The highest BCUT2D eigenvalue weighted by atomic mass is 127. The lowest BCUT2D eigenvalue weighted by Crippen LogP contribution is -1.93. The summed E-state index contributed by atoms with van der Waals surface area (Å²) in [6.07, 6.45) is 0. The second-order valence-electron chi connectivity index (χ2n) is 6.95. The molecule has 0 radical (unpaired) electrons. The van der Waals surface area contributed by atoms with Crippen molar-refractivity contribution in [3.63, 3.8) is 0 Å². The van der Waals surface area contributed by atoms with E-state index in [4.69, 9.17) is 0 Å². The zero-order chi connectivity index (χ0) is 19.3. The minimum absolute atomic E-state index is 0.997. The molecule has 0 bridgehead atoms. The number of fused-ring (bicyclic) bond motifs is 1. The molecule has 0 unspecified atom stereocenters. The highest BCUT2D eigenvalue weighted by Crippen LogP contribution is 2.38. The number of rotatable bonds is 2. The molecule has 5 heteroatoms. The summed E-state index contributed by atoms with van der Waals surface area (Å²) in [7, 11) is 0. The minimum Gasteiger partial charge on any atom is -0.172 e. The molecule has 3 aromatic carbocycles. The molecule has 0 saturated carbocycles. The summed E-state index contributed by atoms with van der Waals surface area (Å²) in [5.74, 6) is 0. The fourth-order valence-corrected chi connectivity index (χ4v) is 5.26. The minimum atomic E-state index is 0.997. The van der Waals surface area contributed by atoms with Gasteiger partial charge in [0, 0.05) is 18.3 Å². The van der Waals surface area contributed by atoms with Gasteiger partial charge in [-0.25, -0.2) is 0 Å². The molecule has 4 rings (SSSR count). The highest BCUT2D eigenvalue weighted by Gasteiger charge is 2.17. The summed E-state index contributed by atoms with van der Waals surface area (Å²) in [6, 6.07) is 13.5. The van der Waals surface area contributed by atoms with Crippen LogP contribution in [0.15, 0.2) is 36.4 Å². The van der Waals surface area contributed by atoms with E-state index in [0.29, 0.717) is 0 Å². The fraction of sp³-hybridized carbons (Fsp3) is 0.182. The van der Waals surface area contributed by atoms with Crippen LogP contribution in [0, 0.1) is 34.8 Å². The van der Waals surface area contributed by atoms with E-state index in [1.165, 1.54) is 63.4 Å². The molecule has 0 saturated heterocycles. The normalized spacial score (nSPS) is 11.3. The van der Waals surface area contributed by atoms with Crippen LogP contribution >= 0.6 is 56.9 Å². The number of nitrogens with zero attached hydrogens (tertiary/aromatic N) is 2. The molecule has 0 fully saturated rings. The van der Waals surface area contributed by atoms with Crippen LogP contribution in [-0.4, -0.2) is 8.75 Å². The van der Waals surface area contributed by atoms with Gasteiger partial charge in [0.25, 0.3) is 0 Å². The van der Waals surface area contributed by atoms with Gasteiger partial charge < -0.3 is 0 Å². The molecule has 0 aliphatic carbocycles. The molecule has 0 N–H and O–H groups in total. The Bertz CT molecular complexity index is 1100. The molecule has 0 aliphatic rings. The van der Waals surface area contributed by atoms with Gasteiger partial charge in [-0.3, -0.25) is 0 Å². The fourth-order valence-electron chi connectivity index (χ4n) is 3.44. The number of aryl methyl sites for hydroxylation is 4. The van der Waals surface area contributed by atoms with Crippen LogP contribution in [0.25, 0.3) is 33.3 Å². The summed E-state index contributed by atoms with van der Waals surface area (Å²) in [5, 5.41) is 0. The average molecular weight is 596 g/mol. The first-order valence-electron chi connectivity index (χ1n) is 8.66. The Morgan fingerprint density at radius 1 is 0.593 bits per heavy atom. The van der Waals surface area contributed by atoms with Gasteiger partial charge in [-0.15, -0.1) is 0 Å². The summed E-state index contributed by atoms with van der Waals surface area (Å²) in [6.45, 7) is 8.66. The Kier molecular flexibility index (Phi) is 5.28. The van der Waals surface area contributed by atoms with Crippen LogP contribution in [0.3, 0.4) is 0 Å². The van der Waals surface area contributed by atoms with Crippen LogP contribution in [0.4, 0.5) is 0 Å². The molecule has 0 spiro atoms. The van der Waals surface area contributed by atoms with Gasteiger partial charge in [0.1, 0.15) is 11.0 Å². The van der Waals surface area contributed by atoms with Gasteiger partial charge in [0.05, 0.1) is 11.7 Å². The Labute approximate surface area is 191 Å². The zero-order valence-corrected chi connectivity index (χ0v) is 20.7. The Morgan fingerprint density at radius 2 is 1.00 bits per heavy atom. The first kappa shape index (κ1) is 19.3. The molecule has 2 nitrogen and oxygen atoms in total. The second-order valence-corrected chi connectivity index (χ2v) is 9.81. The molecule has 27 heavy (non-hydrogen) atoms. The van der Waals surface area contributed by atoms with Crippen molar-refractivity contribution in [2.24, 2.45) is 0 Å². The second kappa shape index (κ2) is 7.40. The lowest BCUT2D eigenvalue weighted by Gasteiger charge is -2.13. The van der Waals surface area contributed by atoms with Gasteiger partial charge in [0.15, 0.2) is 0 Å². The maximum absolute atomic E-state index is 4.67. The van der Waals surface area contributed by atoms with Crippen LogP contribution < -0.4 is 0 Å². The number of aromatic nitrogens is 2. The molecular weight excluding hydrogens is 578 g/mol. The molecule has 1 heterocycles. The Morgan fingerprint density at radius 3 is 1.41 bits per heavy atom. The topological polar surface area (TPSA) is 25.8 Å². The lowest BCUT2D eigenvalue weighted by atomic mass is 9.92. The number of hydrogen-bond acceptors (Lipinski definition) is 3. The van der Waals surface area contributed by atoms with Gasteiger partial charge in [0.2, 0.25) is 0 Å². The predicted octanol–water partition coefficient (Wildman–Crippen LogP) is 7.47. The summed E-state index contributed by atoms with van der Waals surface area (Å²) >= 11 is 6.09. The Balaban J connectivity index is 1.98. The summed E-state index contributed by atoms with van der Waals surface area (Å²) < 4.78 is 11.9. The quantitative estimate of drug-likeness (QED) is 0.225. The SMILES string of the molecule is Cc1cc(-c2ccc(-c3cc(C)c(I)cc3C)c3nsnc23)c(C)cc1I. The molecule has 0 aliphatic heterocycles. The molecule has 1 aromatic heterocycles. The van der Waals surface area contributed by atoms with Crippen LogP contribution in [-0.2, 0) is 0 Å². The number of hydrogen-bond donors (Lipinski definition) is 0. The zero-order valence-electron chi connectivity index (χ0n) is 15.5. The van der Waals surface area contributed by atoms with Gasteiger partial charge in [-0.2, -0.15) is 8.75 Å². The van der Waals surface area contributed by atoms with Gasteiger partial charge in [-0.1, -0.05) is 24.3 Å². The van der Waals surface area contributed by atoms with Crippen molar-refractivity contribution in [1.82, 2.24) is 8.75 Å². The van der Waals surface area contributed by atoms with Crippen molar-refractivity contribution in [1.29, 1.82) is 0 Å². The van der Waals surface area contributed by atoms with E-state index in [2.05, 4.69) is 118 Å². The van der Waals surface area contributed by atoms with E-state index in [-0.39, 0.29) is 0 Å². The van der Waals surface area contributed by atoms with Gasteiger partial charge >= 0.3 is 0 Å². The van der Waals surface area contributed by atoms with Crippen molar-refractivity contribution >= 4 is 67.9 Å². The lowest BCUT2D eigenvalue weighted by molar-refractivity contribution is 1.35. The van der Waals surface area contributed by atoms with E-state index < -0.39 is 0 Å². The van der Waals surface area contributed by atoms with Crippen molar-refractivity contribution in [3.05, 3.63) is 65.8 Å². The largest absolute Gasteiger partial charge is 0.172 e. The monoisotopic (exact) mass is 596 g/mol. The first-order chi connectivity index (χ1) is 12.9. The maximum atomic E-state index is 4.67. The summed E-state index contributed by atoms with van der Waals surface area (Å²) in [5.41, 5.74) is 11.9. The smallest absolute Gasteiger partial charge is 0.113 e. The van der Waals surface area contributed by atoms with E-state index in [0.717, 1.165) is 11.0 Å². The van der Waals surface area contributed by atoms with Crippen molar-refractivity contribution < 1.29 is 0 Å². The van der Waals surface area contributed by atoms with Crippen LogP contribution in [0.1, 0.15) is 22.3 Å². The third kappa shape index (κ3) is 3.42. The van der Waals surface area contributed by atoms with Crippen molar-refractivity contribution in [2.75, 3.05) is 0 Å². The molecule has 136 valence electrons. The number of benzene rings is 3. The third-order valence-electron chi connectivity index (χ3n) is 5.01.